The highest BCUT2D eigenvalue weighted by Gasteiger charge is 2.53. The van der Waals surface area contributed by atoms with Crippen molar-refractivity contribution in [3.63, 3.8) is 0 Å². The third-order valence-electron chi connectivity index (χ3n) is 4.66. The number of Topliss-reactive ketones (excluding diaryl/α,β-unsaturated/α-hetero) is 1. The minimum absolute atomic E-state index is 0.277. The zero-order chi connectivity index (χ0) is 12.1. The third-order valence-corrected chi connectivity index (χ3v) is 9.16. The van der Waals surface area contributed by atoms with Crippen molar-refractivity contribution >= 4 is 14.1 Å². The van der Waals surface area contributed by atoms with Gasteiger partial charge in [-0.25, -0.2) is 0 Å². The highest BCUT2D eigenvalue weighted by atomic mass is 28.4. The van der Waals surface area contributed by atoms with Crippen LogP contribution in [0.1, 0.15) is 40.0 Å². The Hall–Kier alpha value is -0.153. The van der Waals surface area contributed by atoms with Crippen LogP contribution in [-0.4, -0.2) is 20.2 Å². The Morgan fingerprint density at radius 3 is 2.50 bits per heavy atom. The van der Waals surface area contributed by atoms with Crippen molar-refractivity contribution in [2.24, 2.45) is 11.8 Å². The largest absolute Gasteiger partial charge is 0.414 e. The van der Waals surface area contributed by atoms with Crippen LogP contribution in [0.5, 0.6) is 0 Å². The number of rotatable bonds is 2. The highest BCUT2D eigenvalue weighted by molar-refractivity contribution is 6.74. The van der Waals surface area contributed by atoms with E-state index in [1.807, 2.05) is 0 Å². The highest BCUT2D eigenvalue weighted by Crippen LogP contribution is 2.51. The summed E-state index contributed by atoms with van der Waals surface area (Å²) >= 11 is 0. The monoisotopic (exact) mass is 240 g/mol. The molecule has 2 aliphatic rings. The first-order valence-corrected chi connectivity index (χ1v) is 9.34. The van der Waals surface area contributed by atoms with Crippen molar-refractivity contribution in [3.05, 3.63) is 0 Å². The molecule has 2 fully saturated rings. The summed E-state index contributed by atoms with van der Waals surface area (Å²) in [5, 5.41) is 0.277. The maximum absolute atomic E-state index is 11.5. The summed E-state index contributed by atoms with van der Waals surface area (Å²) in [6.07, 6.45) is 3.19. The van der Waals surface area contributed by atoms with Crippen LogP contribution in [0.15, 0.2) is 0 Å². The Morgan fingerprint density at radius 1 is 1.31 bits per heavy atom. The number of ketones is 1. The van der Waals surface area contributed by atoms with Gasteiger partial charge >= 0.3 is 0 Å². The Bertz CT molecular complexity index is 304. The number of carbonyl (C=O) groups excluding carboxylic acids is 1. The van der Waals surface area contributed by atoms with Gasteiger partial charge in [-0.05, 0) is 36.9 Å². The molecule has 0 saturated heterocycles. The molecule has 0 spiro atoms. The van der Waals surface area contributed by atoms with Gasteiger partial charge < -0.3 is 4.43 Å². The minimum Gasteiger partial charge on any atom is -0.414 e. The molecule has 2 saturated carbocycles. The molecule has 2 nitrogen and oxygen atoms in total. The molecule has 0 aromatic heterocycles. The summed E-state index contributed by atoms with van der Waals surface area (Å²) in [6.45, 7) is 11.4. The Balaban J connectivity index is 1.99. The van der Waals surface area contributed by atoms with Gasteiger partial charge in [-0.15, -0.1) is 0 Å². The fourth-order valence-electron chi connectivity index (χ4n) is 2.38. The van der Waals surface area contributed by atoms with Crippen LogP contribution in [0.25, 0.3) is 0 Å². The summed E-state index contributed by atoms with van der Waals surface area (Å²) < 4.78 is 6.43. The van der Waals surface area contributed by atoms with Crippen LogP contribution in [0.4, 0.5) is 0 Å². The number of carbonyl (C=O) groups is 1. The molecule has 3 heteroatoms. The zero-order valence-electron chi connectivity index (χ0n) is 11.2. The van der Waals surface area contributed by atoms with E-state index in [0.717, 1.165) is 19.3 Å². The van der Waals surface area contributed by atoms with Crippen LogP contribution in [-0.2, 0) is 9.22 Å². The van der Waals surface area contributed by atoms with Crippen molar-refractivity contribution in [1.29, 1.82) is 0 Å². The lowest BCUT2D eigenvalue weighted by atomic mass is 9.97. The molecule has 2 aliphatic carbocycles. The second kappa shape index (κ2) is 3.67. The molecule has 92 valence electrons. The average molecular weight is 240 g/mol. The molecule has 0 aliphatic heterocycles. The molecule has 0 aromatic carbocycles. The summed E-state index contributed by atoms with van der Waals surface area (Å²) in [4.78, 5) is 11.5. The van der Waals surface area contributed by atoms with Crippen LogP contribution in [0.3, 0.4) is 0 Å². The van der Waals surface area contributed by atoms with Gasteiger partial charge in [-0.3, -0.25) is 4.79 Å². The Morgan fingerprint density at radius 2 is 1.94 bits per heavy atom. The molecule has 0 aromatic rings. The van der Waals surface area contributed by atoms with E-state index >= 15 is 0 Å². The van der Waals surface area contributed by atoms with Crippen LogP contribution in [0.2, 0.25) is 18.1 Å². The van der Waals surface area contributed by atoms with Crippen molar-refractivity contribution in [2.45, 2.75) is 64.3 Å². The van der Waals surface area contributed by atoms with E-state index < -0.39 is 8.32 Å². The Kier molecular flexibility index (Phi) is 2.82. The fourth-order valence-corrected chi connectivity index (χ4v) is 3.78. The van der Waals surface area contributed by atoms with Gasteiger partial charge in [0, 0.05) is 18.4 Å². The second-order valence-corrected chi connectivity index (χ2v) is 11.7. The molecule has 16 heavy (non-hydrogen) atoms. The lowest BCUT2D eigenvalue weighted by molar-refractivity contribution is -0.123. The van der Waals surface area contributed by atoms with Gasteiger partial charge in [0.05, 0.1) is 0 Å². The van der Waals surface area contributed by atoms with Crippen molar-refractivity contribution in [2.75, 3.05) is 0 Å². The maximum Gasteiger partial charge on any atom is 0.192 e. The van der Waals surface area contributed by atoms with E-state index in [4.69, 9.17) is 4.43 Å². The van der Waals surface area contributed by atoms with Gasteiger partial charge in [0.1, 0.15) is 5.78 Å². The number of hydrogen-bond donors (Lipinski definition) is 0. The Labute approximate surface area is 99.9 Å². The van der Waals surface area contributed by atoms with Gasteiger partial charge in [0.2, 0.25) is 0 Å². The van der Waals surface area contributed by atoms with E-state index in [1.54, 1.807) is 0 Å². The van der Waals surface area contributed by atoms with Gasteiger partial charge in [0.25, 0.3) is 0 Å². The van der Waals surface area contributed by atoms with Crippen molar-refractivity contribution in [3.8, 4) is 0 Å². The minimum atomic E-state index is -1.64. The van der Waals surface area contributed by atoms with Gasteiger partial charge in [-0.1, -0.05) is 20.8 Å². The molecule has 0 heterocycles. The number of hydrogen-bond acceptors (Lipinski definition) is 2. The summed E-state index contributed by atoms with van der Waals surface area (Å²) in [5.74, 6) is 1.42. The molecule has 2 rings (SSSR count). The van der Waals surface area contributed by atoms with E-state index in [9.17, 15) is 4.79 Å². The van der Waals surface area contributed by atoms with E-state index in [0.29, 0.717) is 23.7 Å². The first-order chi connectivity index (χ1) is 7.22. The normalized spacial score (nSPS) is 34.8. The van der Waals surface area contributed by atoms with Gasteiger partial charge in [-0.2, -0.15) is 0 Å². The predicted octanol–water partition coefficient (Wildman–Crippen LogP) is 3.38. The summed E-state index contributed by atoms with van der Waals surface area (Å²) in [7, 11) is -1.64. The van der Waals surface area contributed by atoms with Gasteiger partial charge in [0.15, 0.2) is 8.32 Å². The quantitative estimate of drug-likeness (QED) is 0.692. The van der Waals surface area contributed by atoms with Crippen LogP contribution in [0, 0.1) is 11.8 Å². The second-order valence-electron chi connectivity index (χ2n) is 6.93. The topological polar surface area (TPSA) is 26.3 Å². The van der Waals surface area contributed by atoms with E-state index in [2.05, 4.69) is 33.9 Å². The third kappa shape index (κ3) is 2.12. The first-order valence-electron chi connectivity index (χ1n) is 6.43. The predicted molar refractivity (Wildman–Crippen MR) is 67.9 cm³/mol. The number of fused-ring (bicyclic) bond motifs is 1. The first kappa shape index (κ1) is 12.3. The zero-order valence-corrected chi connectivity index (χ0v) is 12.2. The molecule has 0 N–H and O–H groups in total. The smallest absolute Gasteiger partial charge is 0.192 e. The fraction of sp³-hybridized carbons (Fsp3) is 0.923. The average Bonchev–Trinajstić information content (AvgIpc) is 2.87. The lowest BCUT2D eigenvalue weighted by Gasteiger charge is -2.40. The van der Waals surface area contributed by atoms with Crippen LogP contribution < -0.4 is 0 Å². The van der Waals surface area contributed by atoms with Crippen molar-refractivity contribution in [1.82, 2.24) is 0 Å². The molecular formula is C13H24O2Si. The molecule has 0 amide bonds. The summed E-state index contributed by atoms with van der Waals surface area (Å²) in [6, 6.07) is 0. The lowest BCUT2D eigenvalue weighted by Crippen LogP contribution is -2.45. The molecule has 3 atom stereocenters. The van der Waals surface area contributed by atoms with E-state index in [-0.39, 0.29) is 5.04 Å². The molecule has 0 bridgehead atoms. The summed E-state index contributed by atoms with van der Waals surface area (Å²) in [5.41, 5.74) is 0. The maximum atomic E-state index is 11.5. The van der Waals surface area contributed by atoms with Crippen LogP contribution >= 0.6 is 0 Å². The molecular weight excluding hydrogens is 216 g/mol. The van der Waals surface area contributed by atoms with E-state index in [1.165, 1.54) is 0 Å². The molecule has 0 unspecified atom stereocenters. The molecule has 0 radical (unpaired) electrons. The SMILES string of the molecule is CC(C)(C)[Si](C)(C)O[C@@H]1CCC(=O)[C@H]2C[C@H]21. The van der Waals surface area contributed by atoms with Crippen molar-refractivity contribution < 1.29 is 9.22 Å². The standard InChI is InChI=1S/C13H24O2Si/c1-13(2,3)16(4,5)15-12-7-6-11(14)9-8-10(9)12/h9-10,12H,6-8H2,1-5H3/t9-,10+,12+/m0/s1.